The molecule has 0 atom stereocenters. The maximum atomic E-state index is 13.1. The first-order valence-corrected chi connectivity index (χ1v) is 11.1. The number of aryl methyl sites for hydroxylation is 1. The number of anilines is 2. The number of nitrogens with zero attached hydrogens (tertiary/aromatic N) is 3. The number of nitrogens with two attached hydrogens (primary N) is 1. The van der Waals surface area contributed by atoms with Gasteiger partial charge in [0.2, 0.25) is 5.28 Å². The molecule has 3 N–H and O–H groups in total. The Labute approximate surface area is 187 Å². The summed E-state index contributed by atoms with van der Waals surface area (Å²) in [5.41, 5.74) is 6.91. The Balaban J connectivity index is 1.86. The van der Waals surface area contributed by atoms with Crippen LogP contribution in [0.15, 0.2) is 59.6 Å². The number of fused-ring (bicyclic) bond motifs is 1. The summed E-state index contributed by atoms with van der Waals surface area (Å²) >= 11 is 12.1. The molecule has 4 rings (SSSR count). The zero-order chi connectivity index (χ0) is 22.3. The first kappa shape index (κ1) is 21.1. The van der Waals surface area contributed by atoms with Gasteiger partial charge < -0.3 is 11.1 Å². The van der Waals surface area contributed by atoms with Gasteiger partial charge in [-0.15, -0.1) is 0 Å². The van der Waals surface area contributed by atoms with Crippen LogP contribution in [-0.4, -0.2) is 28.3 Å². The SMILES string of the molecule is Cc1ccc(S(=O)(=O)n2ccc3c(Nc4cc(Cl)ccc4C(N)=O)nc(Cl)nc32)cc1. The minimum Gasteiger partial charge on any atom is -0.366 e. The first-order valence-electron chi connectivity index (χ1n) is 8.90. The molecule has 11 heteroatoms. The molecule has 31 heavy (non-hydrogen) atoms. The van der Waals surface area contributed by atoms with Gasteiger partial charge in [0.05, 0.1) is 21.5 Å². The molecule has 0 aliphatic rings. The molecule has 158 valence electrons. The Kier molecular flexibility index (Phi) is 5.34. The zero-order valence-electron chi connectivity index (χ0n) is 16.0. The van der Waals surface area contributed by atoms with Gasteiger partial charge in [0.1, 0.15) is 5.82 Å². The molecular weight excluding hydrogens is 461 g/mol. The molecule has 0 aliphatic carbocycles. The van der Waals surface area contributed by atoms with E-state index in [0.717, 1.165) is 9.54 Å². The summed E-state index contributed by atoms with van der Waals surface area (Å²) in [5.74, 6) is -0.479. The number of carbonyl (C=O) groups is 1. The van der Waals surface area contributed by atoms with Crippen molar-refractivity contribution in [3.05, 3.63) is 76.2 Å². The van der Waals surface area contributed by atoms with Gasteiger partial charge in [-0.05, 0) is 54.9 Å². The van der Waals surface area contributed by atoms with E-state index in [1.54, 1.807) is 12.1 Å². The number of aromatic nitrogens is 3. The molecule has 0 bridgehead atoms. The quantitative estimate of drug-likeness (QED) is 0.418. The van der Waals surface area contributed by atoms with Crippen LogP contribution in [0.5, 0.6) is 0 Å². The molecule has 8 nitrogen and oxygen atoms in total. The Morgan fingerprint density at radius 3 is 2.45 bits per heavy atom. The molecule has 2 aromatic heterocycles. The summed E-state index contributed by atoms with van der Waals surface area (Å²) in [4.78, 5) is 20.1. The van der Waals surface area contributed by atoms with Gasteiger partial charge in [0, 0.05) is 11.2 Å². The van der Waals surface area contributed by atoms with Gasteiger partial charge in [-0.3, -0.25) is 4.79 Å². The molecule has 2 heterocycles. The fourth-order valence-corrected chi connectivity index (χ4v) is 4.67. The molecule has 0 saturated carbocycles. The molecule has 0 saturated heterocycles. The van der Waals surface area contributed by atoms with E-state index < -0.39 is 15.9 Å². The van der Waals surface area contributed by atoms with E-state index in [1.165, 1.54) is 42.6 Å². The van der Waals surface area contributed by atoms with Crippen LogP contribution in [0.1, 0.15) is 15.9 Å². The average Bonchev–Trinajstić information content (AvgIpc) is 3.13. The summed E-state index contributed by atoms with van der Waals surface area (Å²) < 4.78 is 27.3. The van der Waals surface area contributed by atoms with Crippen molar-refractivity contribution >= 4 is 61.7 Å². The Hall–Kier alpha value is -3.14. The molecular formula is C20H15Cl2N5O3S. The predicted molar refractivity (Wildman–Crippen MR) is 120 cm³/mol. The third-order valence-corrected chi connectivity index (χ3v) is 6.65. The van der Waals surface area contributed by atoms with Crippen molar-refractivity contribution in [3.63, 3.8) is 0 Å². The highest BCUT2D eigenvalue weighted by Crippen LogP contribution is 2.31. The molecule has 2 aromatic carbocycles. The highest BCUT2D eigenvalue weighted by molar-refractivity contribution is 7.90. The fraction of sp³-hybridized carbons (Fsp3) is 0.0500. The number of amides is 1. The van der Waals surface area contributed by atoms with Gasteiger partial charge in [-0.2, -0.15) is 9.97 Å². The van der Waals surface area contributed by atoms with Gasteiger partial charge >= 0.3 is 0 Å². The summed E-state index contributed by atoms with van der Waals surface area (Å²) in [5, 5.41) is 3.51. The number of hydrogen-bond acceptors (Lipinski definition) is 6. The number of benzene rings is 2. The maximum Gasteiger partial charge on any atom is 0.269 e. The predicted octanol–water partition coefficient (Wildman–Crippen LogP) is 4.13. The van der Waals surface area contributed by atoms with Gasteiger partial charge in [0.25, 0.3) is 15.9 Å². The van der Waals surface area contributed by atoms with Crippen LogP contribution >= 0.6 is 23.2 Å². The number of halogens is 2. The van der Waals surface area contributed by atoms with Crippen molar-refractivity contribution in [3.8, 4) is 0 Å². The minimum atomic E-state index is -3.93. The van der Waals surface area contributed by atoms with Crippen LogP contribution in [-0.2, 0) is 10.0 Å². The zero-order valence-corrected chi connectivity index (χ0v) is 18.3. The van der Waals surface area contributed by atoms with Gasteiger partial charge in [-0.25, -0.2) is 12.4 Å². The van der Waals surface area contributed by atoms with Crippen LogP contribution in [0.2, 0.25) is 10.3 Å². The molecule has 0 aliphatic heterocycles. The number of rotatable bonds is 5. The van der Waals surface area contributed by atoms with E-state index in [2.05, 4.69) is 15.3 Å². The van der Waals surface area contributed by atoms with Crippen molar-refractivity contribution in [1.82, 2.24) is 13.9 Å². The van der Waals surface area contributed by atoms with E-state index in [-0.39, 0.29) is 27.2 Å². The van der Waals surface area contributed by atoms with E-state index in [0.29, 0.717) is 16.1 Å². The highest BCUT2D eigenvalue weighted by Gasteiger charge is 2.22. The molecule has 1 amide bonds. The molecule has 0 unspecified atom stereocenters. The summed E-state index contributed by atoms with van der Waals surface area (Å²) in [6.07, 6.45) is 1.36. The number of nitrogens with one attached hydrogen (secondary N) is 1. The van der Waals surface area contributed by atoms with E-state index in [9.17, 15) is 13.2 Å². The topological polar surface area (TPSA) is 120 Å². The van der Waals surface area contributed by atoms with Gasteiger partial charge in [0.15, 0.2) is 5.65 Å². The first-order chi connectivity index (χ1) is 14.7. The lowest BCUT2D eigenvalue weighted by molar-refractivity contribution is 0.100. The minimum absolute atomic E-state index is 0.0747. The number of carbonyl (C=O) groups excluding carboxylic acids is 1. The van der Waals surface area contributed by atoms with Crippen LogP contribution < -0.4 is 11.1 Å². The fourth-order valence-electron chi connectivity index (χ4n) is 3.04. The van der Waals surface area contributed by atoms with E-state index in [4.69, 9.17) is 28.9 Å². The van der Waals surface area contributed by atoms with Crippen molar-refractivity contribution in [2.24, 2.45) is 5.73 Å². The van der Waals surface area contributed by atoms with E-state index >= 15 is 0 Å². The second-order valence-corrected chi connectivity index (χ2v) is 9.28. The summed E-state index contributed by atoms with van der Waals surface area (Å²) in [6, 6.07) is 12.5. The van der Waals surface area contributed by atoms with Gasteiger partial charge in [-0.1, -0.05) is 29.3 Å². The lowest BCUT2D eigenvalue weighted by Crippen LogP contribution is -2.14. The second kappa shape index (κ2) is 7.84. The Morgan fingerprint density at radius 1 is 1.06 bits per heavy atom. The van der Waals surface area contributed by atoms with Crippen LogP contribution in [0, 0.1) is 6.92 Å². The third kappa shape index (κ3) is 3.95. The molecule has 0 fully saturated rings. The average molecular weight is 476 g/mol. The van der Waals surface area contributed by atoms with Crippen LogP contribution in [0.4, 0.5) is 11.5 Å². The summed E-state index contributed by atoms with van der Waals surface area (Å²) in [6.45, 7) is 1.86. The Bertz CT molecular complexity index is 1430. The number of primary amides is 1. The number of hydrogen-bond donors (Lipinski definition) is 2. The maximum absolute atomic E-state index is 13.1. The lowest BCUT2D eigenvalue weighted by Gasteiger charge is -2.12. The smallest absolute Gasteiger partial charge is 0.269 e. The van der Waals surface area contributed by atoms with Crippen LogP contribution in [0.25, 0.3) is 11.0 Å². The molecule has 0 radical (unpaired) electrons. The third-order valence-electron chi connectivity index (χ3n) is 4.56. The second-order valence-electron chi connectivity index (χ2n) is 6.69. The van der Waals surface area contributed by atoms with Crippen molar-refractivity contribution in [2.45, 2.75) is 11.8 Å². The largest absolute Gasteiger partial charge is 0.366 e. The molecule has 4 aromatic rings. The normalized spacial score (nSPS) is 11.6. The highest BCUT2D eigenvalue weighted by atomic mass is 35.5. The Morgan fingerprint density at radius 2 is 1.77 bits per heavy atom. The lowest BCUT2D eigenvalue weighted by atomic mass is 10.1. The van der Waals surface area contributed by atoms with Crippen molar-refractivity contribution in [1.29, 1.82) is 0 Å². The van der Waals surface area contributed by atoms with Crippen LogP contribution in [0.3, 0.4) is 0 Å². The standard InChI is InChI=1S/C20H15Cl2N5O3S/c1-11-2-5-13(6-3-11)31(29,30)27-9-8-15-18(25-20(22)26-19(15)27)24-16-10-12(21)4-7-14(16)17(23)28/h2-10H,1H3,(H2,23,28)(H,24,25,26). The molecule has 0 spiro atoms. The van der Waals surface area contributed by atoms with Crippen molar-refractivity contribution < 1.29 is 13.2 Å². The van der Waals surface area contributed by atoms with Crippen molar-refractivity contribution in [2.75, 3.05) is 5.32 Å². The monoisotopic (exact) mass is 475 g/mol. The summed E-state index contributed by atoms with van der Waals surface area (Å²) in [7, 11) is -3.93. The van der Waals surface area contributed by atoms with E-state index in [1.807, 2.05) is 6.92 Å².